The zero-order valence-corrected chi connectivity index (χ0v) is 21.4. The first-order chi connectivity index (χ1) is 14.0. The lowest BCUT2D eigenvalue weighted by Gasteiger charge is -2.28. The molecule has 0 N–H and O–H groups in total. The van der Waals surface area contributed by atoms with E-state index in [1.165, 1.54) is 16.7 Å². The Labute approximate surface area is 183 Å². The molecule has 0 aromatic carbocycles. The van der Waals surface area contributed by atoms with Crippen LogP contribution in [-0.4, -0.2) is 28.6 Å². The van der Waals surface area contributed by atoms with Gasteiger partial charge in [0.1, 0.15) is 0 Å². The van der Waals surface area contributed by atoms with Crippen molar-refractivity contribution in [1.29, 1.82) is 0 Å². The highest BCUT2D eigenvalue weighted by molar-refractivity contribution is 6.59. The molecule has 0 radical (unpaired) electrons. The van der Waals surface area contributed by atoms with E-state index in [1.54, 1.807) is 0 Å². The monoisotopic (exact) mass is 424 g/mol. The molecule has 0 saturated carbocycles. The first-order valence-electron chi connectivity index (χ1n) is 11.9. The molecule has 0 bridgehead atoms. The average Bonchev–Trinajstić information content (AvgIpc) is 2.74. The van der Waals surface area contributed by atoms with Crippen LogP contribution in [-0.2, 0) is 13.3 Å². The SMILES string of the molecule is CCCC=C(CC)CO[Si](C)(OCC(=CCCC)CC)OCC(=CCCC)CC. The zero-order valence-electron chi connectivity index (χ0n) is 20.4. The molecule has 0 heterocycles. The van der Waals surface area contributed by atoms with Gasteiger partial charge in [-0.15, -0.1) is 0 Å². The molecule has 0 spiro atoms. The van der Waals surface area contributed by atoms with Gasteiger partial charge >= 0.3 is 8.80 Å². The summed E-state index contributed by atoms with van der Waals surface area (Å²) in [5, 5.41) is 0. The predicted molar refractivity (Wildman–Crippen MR) is 129 cm³/mol. The highest BCUT2D eigenvalue weighted by Crippen LogP contribution is 2.18. The second kappa shape index (κ2) is 18.1. The van der Waals surface area contributed by atoms with E-state index in [0.29, 0.717) is 19.8 Å². The van der Waals surface area contributed by atoms with Gasteiger partial charge in [0, 0.05) is 6.55 Å². The van der Waals surface area contributed by atoms with Gasteiger partial charge in [-0.05, 0) is 38.5 Å². The standard InChI is InChI=1S/C25H48O3Si/c1-8-14-17-23(11-4)20-26-29(7,27-21-24(12-5)18-15-9-2)28-22-25(13-6)19-16-10-3/h17-19H,8-16,20-22H2,1-7H3. The van der Waals surface area contributed by atoms with E-state index in [-0.39, 0.29) is 0 Å². The number of rotatable bonds is 18. The van der Waals surface area contributed by atoms with Crippen LogP contribution in [0, 0.1) is 0 Å². The zero-order chi connectivity index (χ0) is 22.0. The maximum Gasteiger partial charge on any atom is 0.498 e. The summed E-state index contributed by atoms with van der Waals surface area (Å²) in [7, 11) is -2.73. The lowest BCUT2D eigenvalue weighted by atomic mass is 10.1. The number of unbranched alkanes of at least 4 members (excludes halogenated alkanes) is 3. The summed E-state index contributed by atoms with van der Waals surface area (Å²) < 4.78 is 19.1. The molecule has 0 amide bonds. The first kappa shape index (κ1) is 28.3. The second-order valence-electron chi connectivity index (χ2n) is 7.74. The van der Waals surface area contributed by atoms with Gasteiger partial charge in [-0.1, -0.05) is 95.8 Å². The molecule has 0 aromatic heterocycles. The largest absolute Gasteiger partial charge is 0.498 e. The maximum absolute atomic E-state index is 6.35. The van der Waals surface area contributed by atoms with Crippen molar-refractivity contribution in [3.05, 3.63) is 34.9 Å². The van der Waals surface area contributed by atoms with Crippen LogP contribution in [0.4, 0.5) is 0 Å². The second-order valence-corrected chi connectivity index (χ2v) is 10.3. The van der Waals surface area contributed by atoms with E-state index >= 15 is 0 Å². The summed E-state index contributed by atoms with van der Waals surface area (Å²) in [5.74, 6) is 0. The summed E-state index contributed by atoms with van der Waals surface area (Å²) in [5.41, 5.74) is 4.02. The van der Waals surface area contributed by atoms with E-state index in [0.717, 1.165) is 57.8 Å². The number of hydrogen-bond donors (Lipinski definition) is 0. The molecular formula is C25H48O3Si. The fourth-order valence-corrected chi connectivity index (χ4v) is 4.35. The molecule has 0 rings (SSSR count). The Hall–Kier alpha value is -0.683. The molecule has 0 saturated heterocycles. The van der Waals surface area contributed by atoms with Gasteiger partial charge in [-0.2, -0.15) is 0 Å². The predicted octanol–water partition coefficient (Wildman–Crippen LogP) is 8.01. The van der Waals surface area contributed by atoms with Crippen molar-refractivity contribution in [2.24, 2.45) is 0 Å². The normalized spacial score (nSPS) is 15.6. The lowest BCUT2D eigenvalue weighted by molar-refractivity contribution is 0.0853. The summed E-state index contributed by atoms with van der Waals surface area (Å²) in [6.45, 7) is 17.1. The van der Waals surface area contributed by atoms with Gasteiger partial charge in [0.15, 0.2) is 0 Å². The summed E-state index contributed by atoms with van der Waals surface area (Å²) in [6, 6.07) is 0. The van der Waals surface area contributed by atoms with Gasteiger partial charge in [0.05, 0.1) is 19.8 Å². The van der Waals surface area contributed by atoms with E-state index in [4.69, 9.17) is 13.3 Å². The molecule has 0 unspecified atom stereocenters. The lowest BCUT2D eigenvalue weighted by Crippen LogP contribution is -2.44. The Morgan fingerprint density at radius 3 is 1.03 bits per heavy atom. The van der Waals surface area contributed by atoms with Crippen LogP contribution in [0.5, 0.6) is 0 Å². The van der Waals surface area contributed by atoms with Crippen LogP contribution < -0.4 is 0 Å². The van der Waals surface area contributed by atoms with Crippen molar-refractivity contribution >= 4 is 8.80 Å². The van der Waals surface area contributed by atoms with Crippen LogP contribution in [0.1, 0.15) is 99.3 Å². The Morgan fingerprint density at radius 1 is 0.552 bits per heavy atom. The molecular weight excluding hydrogens is 376 g/mol. The van der Waals surface area contributed by atoms with Crippen LogP contribution >= 0.6 is 0 Å². The number of allylic oxidation sites excluding steroid dienone is 3. The average molecular weight is 425 g/mol. The van der Waals surface area contributed by atoms with Crippen molar-refractivity contribution in [2.75, 3.05) is 19.8 Å². The maximum atomic E-state index is 6.35. The Bertz CT molecular complexity index is 425. The van der Waals surface area contributed by atoms with Gasteiger partial charge in [0.25, 0.3) is 0 Å². The third kappa shape index (κ3) is 14.0. The fraction of sp³-hybridized carbons (Fsp3) is 0.760. The van der Waals surface area contributed by atoms with Gasteiger partial charge in [-0.3, -0.25) is 0 Å². The summed E-state index contributed by atoms with van der Waals surface area (Å²) in [4.78, 5) is 0. The minimum Gasteiger partial charge on any atom is -0.369 e. The minimum absolute atomic E-state index is 0.611. The van der Waals surface area contributed by atoms with Crippen LogP contribution in [0.15, 0.2) is 34.9 Å². The fourth-order valence-electron chi connectivity index (χ4n) is 2.76. The quantitative estimate of drug-likeness (QED) is 0.165. The molecule has 0 fully saturated rings. The Balaban J connectivity index is 5.17. The van der Waals surface area contributed by atoms with Crippen LogP contribution in [0.25, 0.3) is 0 Å². The van der Waals surface area contributed by atoms with Crippen molar-refractivity contribution in [2.45, 2.75) is 106 Å². The van der Waals surface area contributed by atoms with Crippen LogP contribution in [0.2, 0.25) is 6.55 Å². The molecule has 0 atom stereocenters. The smallest absolute Gasteiger partial charge is 0.369 e. The molecule has 0 aliphatic carbocycles. The van der Waals surface area contributed by atoms with E-state index in [9.17, 15) is 0 Å². The Kier molecular flexibility index (Phi) is 17.7. The van der Waals surface area contributed by atoms with Crippen molar-refractivity contribution in [3.63, 3.8) is 0 Å². The number of hydrogen-bond acceptors (Lipinski definition) is 3. The highest BCUT2D eigenvalue weighted by Gasteiger charge is 2.35. The third-order valence-corrected chi connectivity index (χ3v) is 7.09. The summed E-state index contributed by atoms with van der Waals surface area (Å²) >= 11 is 0. The first-order valence-corrected chi connectivity index (χ1v) is 14.2. The van der Waals surface area contributed by atoms with Gasteiger partial charge in [0.2, 0.25) is 0 Å². The minimum atomic E-state index is -2.73. The van der Waals surface area contributed by atoms with E-state index in [1.807, 2.05) is 0 Å². The molecule has 0 aliphatic heterocycles. The van der Waals surface area contributed by atoms with Gasteiger partial charge < -0.3 is 13.3 Å². The molecule has 3 nitrogen and oxygen atoms in total. The molecule has 0 aliphatic rings. The van der Waals surface area contributed by atoms with Gasteiger partial charge in [-0.25, -0.2) is 0 Å². The topological polar surface area (TPSA) is 27.7 Å². The molecule has 0 aromatic rings. The highest BCUT2D eigenvalue weighted by atomic mass is 28.4. The van der Waals surface area contributed by atoms with Crippen molar-refractivity contribution in [3.8, 4) is 0 Å². The molecule has 4 heteroatoms. The molecule has 29 heavy (non-hydrogen) atoms. The van der Waals surface area contributed by atoms with Crippen molar-refractivity contribution < 1.29 is 13.3 Å². The Morgan fingerprint density at radius 2 is 0.828 bits per heavy atom. The van der Waals surface area contributed by atoms with Crippen LogP contribution in [0.3, 0.4) is 0 Å². The third-order valence-electron chi connectivity index (χ3n) is 5.09. The van der Waals surface area contributed by atoms with E-state index < -0.39 is 8.80 Å². The van der Waals surface area contributed by atoms with Crippen molar-refractivity contribution in [1.82, 2.24) is 0 Å². The molecule has 170 valence electrons. The van der Waals surface area contributed by atoms with E-state index in [2.05, 4.69) is 66.3 Å². The summed E-state index contributed by atoms with van der Waals surface area (Å²) in [6.07, 6.45) is 16.8.